The molecule has 1 atom stereocenters. The van der Waals surface area contributed by atoms with Crippen molar-refractivity contribution in [1.82, 2.24) is 10.2 Å². The number of halogens is 1. The van der Waals surface area contributed by atoms with Crippen molar-refractivity contribution in [3.63, 3.8) is 0 Å². The summed E-state index contributed by atoms with van der Waals surface area (Å²) in [6.07, 6.45) is 2.54. The fraction of sp³-hybridized carbons (Fsp3) is 0.480. The number of likely N-dealkylation sites (tertiary alicyclic amines) is 1. The number of carbonyl (C=O) groups excluding carboxylic acids is 1. The molecule has 0 saturated carbocycles. The van der Waals surface area contributed by atoms with Gasteiger partial charge < -0.3 is 10.1 Å². The van der Waals surface area contributed by atoms with E-state index in [1.165, 1.54) is 5.56 Å². The molecule has 0 bridgehead atoms. The van der Waals surface area contributed by atoms with Crippen LogP contribution in [0, 0.1) is 12.8 Å². The highest BCUT2D eigenvalue weighted by Crippen LogP contribution is 2.40. The summed E-state index contributed by atoms with van der Waals surface area (Å²) >= 11 is 6.30. The second kappa shape index (κ2) is 8.60. The second-order valence-corrected chi connectivity index (χ2v) is 9.72. The summed E-state index contributed by atoms with van der Waals surface area (Å²) in [6, 6.07) is 14.2. The third-order valence-electron chi connectivity index (χ3n) is 6.25. The van der Waals surface area contributed by atoms with Crippen LogP contribution in [0.1, 0.15) is 55.8 Å². The van der Waals surface area contributed by atoms with E-state index >= 15 is 0 Å². The molecule has 0 aliphatic carbocycles. The molecule has 160 valence electrons. The number of rotatable bonds is 4. The molecule has 4 rings (SSSR count). The number of benzene rings is 2. The van der Waals surface area contributed by atoms with E-state index in [-0.39, 0.29) is 23.5 Å². The predicted octanol–water partition coefficient (Wildman–Crippen LogP) is 5.28. The summed E-state index contributed by atoms with van der Waals surface area (Å²) < 4.78 is 6.17. The summed E-state index contributed by atoms with van der Waals surface area (Å²) in [7, 11) is 0. The van der Waals surface area contributed by atoms with Crippen molar-refractivity contribution in [3.05, 3.63) is 64.2 Å². The molecule has 0 radical (unpaired) electrons. The third kappa shape index (κ3) is 4.81. The molecule has 30 heavy (non-hydrogen) atoms. The van der Waals surface area contributed by atoms with Gasteiger partial charge in [-0.05, 0) is 70.0 Å². The average Bonchev–Trinajstić information content (AvgIpc) is 2.69. The van der Waals surface area contributed by atoms with Crippen LogP contribution in [0.4, 0.5) is 0 Å². The zero-order valence-electron chi connectivity index (χ0n) is 18.1. The summed E-state index contributed by atoms with van der Waals surface area (Å²) in [5.74, 6) is 1.13. The fourth-order valence-electron chi connectivity index (χ4n) is 4.60. The number of ether oxygens (including phenoxy) is 1. The summed E-state index contributed by atoms with van der Waals surface area (Å²) in [6.45, 7) is 8.91. The van der Waals surface area contributed by atoms with Gasteiger partial charge in [0.15, 0.2) is 0 Å². The zero-order chi connectivity index (χ0) is 21.3. The monoisotopic (exact) mass is 426 g/mol. The van der Waals surface area contributed by atoms with E-state index in [4.69, 9.17) is 16.3 Å². The fourth-order valence-corrected chi connectivity index (χ4v) is 4.79. The minimum Gasteiger partial charge on any atom is -0.487 e. The molecule has 1 N–H and O–H groups in total. The topological polar surface area (TPSA) is 41.6 Å². The molecule has 5 heteroatoms. The zero-order valence-corrected chi connectivity index (χ0v) is 18.8. The molecule has 1 saturated heterocycles. The van der Waals surface area contributed by atoms with E-state index in [1.807, 2.05) is 18.2 Å². The van der Waals surface area contributed by atoms with Gasteiger partial charge in [0, 0.05) is 29.5 Å². The molecule has 2 heterocycles. The van der Waals surface area contributed by atoms with Crippen LogP contribution in [-0.2, 0) is 11.3 Å². The van der Waals surface area contributed by atoms with Crippen LogP contribution in [-0.4, -0.2) is 29.5 Å². The molecule has 2 aromatic rings. The Morgan fingerprint density at radius 1 is 1.20 bits per heavy atom. The van der Waals surface area contributed by atoms with Gasteiger partial charge >= 0.3 is 0 Å². The van der Waals surface area contributed by atoms with Gasteiger partial charge in [-0.25, -0.2) is 0 Å². The number of nitrogens with zero attached hydrogens (tertiary/aromatic N) is 1. The van der Waals surface area contributed by atoms with E-state index in [9.17, 15) is 4.79 Å². The van der Waals surface area contributed by atoms with Gasteiger partial charge in [-0.1, -0.05) is 41.9 Å². The van der Waals surface area contributed by atoms with E-state index in [2.05, 4.69) is 55.3 Å². The number of fused-ring (bicyclic) bond motifs is 1. The highest BCUT2D eigenvalue weighted by Gasteiger charge is 2.36. The molecule has 2 aliphatic rings. The van der Waals surface area contributed by atoms with Gasteiger partial charge in [-0.15, -0.1) is 0 Å². The highest BCUT2D eigenvalue weighted by molar-refractivity contribution is 6.31. The van der Waals surface area contributed by atoms with Crippen molar-refractivity contribution in [3.8, 4) is 5.75 Å². The minimum atomic E-state index is -0.295. The molecule has 1 amide bonds. The Morgan fingerprint density at radius 2 is 1.93 bits per heavy atom. The van der Waals surface area contributed by atoms with Gasteiger partial charge in [-0.3, -0.25) is 9.69 Å². The maximum absolute atomic E-state index is 13.1. The second-order valence-electron chi connectivity index (χ2n) is 9.31. The lowest BCUT2D eigenvalue weighted by molar-refractivity contribution is -0.127. The number of nitrogens with one attached hydrogen (secondary N) is 1. The van der Waals surface area contributed by atoms with E-state index in [0.717, 1.165) is 60.8 Å². The summed E-state index contributed by atoms with van der Waals surface area (Å²) in [5, 5.41) is 4.15. The molecule has 0 aromatic heterocycles. The first kappa shape index (κ1) is 21.2. The maximum atomic E-state index is 13.1. The largest absolute Gasteiger partial charge is 0.487 e. The van der Waals surface area contributed by atoms with Crippen LogP contribution in [0.5, 0.6) is 5.75 Å². The van der Waals surface area contributed by atoms with Crippen molar-refractivity contribution >= 4 is 17.5 Å². The Kier molecular flexibility index (Phi) is 6.08. The van der Waals surface area contributed by atoms with Crippen LogP contribution < -0.4 is 10.1 Å². The normalized spacial score (nSPS) is 21.5. The van der Waals surface area contributed by atoms with Crippen molar-refractivity contribution < 1.29 is 9.53 Å². The SMILES string of the molecule is Cc1ccc2c(c1)OC(C)(C)C[C@@H]2NC(=O)C1CCN(Cc2ccccc2Cl)CC1. The van der Waals surface area contributed by atoms with Gasteiger partial charge in [-0.2, -0.15) is 0 Å². The van der Waals surface area contributed by atoms with Gasteiger partial charge in [0.25, 0.3) is 0 Å². The third-order valence-corrected chi connectivity index (χ3v) is 6.62. The van der Waals surface area contributed by atoms with Gasteiger partial charge in [0.1, 0.15) is 11.4 Å². The Balaban J connectivity index is 1.37. The minimum absolute atomic E-state index is 0.00185. The first-order chi connectivity index (χ1) is 14.3. The molecule has 2 aliphatic heterocycles. The number of hydrogen-bond acceptors (Lipinski definition) is 3. The Morgan fingerprint density at radius 3 is 2.67 bits per heavy atom. The predicted molar refractivity (Wildman–Crippen MR) is 121 cm³/mol. The highest BCUT2D eigenvalue weighted by atomic mass is 35.5. The molecular formula is C25H31ClN2O2. The van der Waals surface area contributed by atoms with Crippen LogP contribution in [0.15, 0.2) is 42.5 Å². The van der Waals surface area contributed by atoms with Crippen LogP contribution in [0.2, 0.25) is 5.02 Å². The molecule has 4 nitrogen and oxygen atoms in total. The maximum Gasteiger partial charge on any atom is 0.223 e. The molecule has 2 aromatic carbocycles. The van der Waals surface area contributed by atoms with Crippen molar-refractivity contribution in [2.24, 2.45) is 5.92 Å². The first-order valence-corrected chi connectivity index (χ1v) is 11.2. The smallest absolute Gasteiger partial charge is 0.223 e. The van der Waals surface area contributed by atoms with Crippen molar-refractivity contribution in [2.45, 2.75) is 58.2 Å². The van der Waals surface area contributed by atoms with Crippen LogP contribution in [0.3, 0.4) is 0 Å². The molecular weight excluding hydrogens is 396 g/mol. The molecule has 0 unspecified atom stereocenters. The Hall–Kier alpha value is -2.04. The van der Waals surface area contributed by atoms with E-state index < -0.39 is 0 Å². The average molecular weight is 427 g/mol. The van der Waals surface area contributed by atoms with Crippen LogP contribution >= 0.6 is 11.6 Å². The van der Waals surface area contributed by atoms with Crippen molar-refractivity contribution in [1.29, 1.82) is 0 Å². The first-order valence-electron chi connectivity index (χ1n) is 10.9. The quantitative estimate of drug-likeness (QED) is 0.723. The number of carbonyl (C=O) groups is 1. The van der Waals surface area contributed by atoms with Crippen LogP contribution in [0.25, 0.3) is 0 Å². The number of aryl methyl sites for hydroxylation is 1. The van der Waals surface area contributed by atoms with E-state index in [1.54, 1.807) is 0 Å². The number of amides is 1. The Labute approximate surface area is 184 Å². The number of hydrogen-bond donors (Lipinski definition) is 1. The lowest BCUT2D eigenvalue weighted by Gasteiger charge is -2.39. The van der Waals surface area contributed by atoms with Gasteiger partial charge in [0.2, 0.25) is 5.91 Å². The standard InChI is InChI=1S/C25H31ClN2O2/c1-17-8-9-20-22(15-25(2,3)30-23(20)14-17)27-24(29)18-10-12-28(13-11-18)16-19-6-4-5-7-21(19)26/h4-9,14,18,22H,10-13,15-16H2,1-3H3,(H,27,29)/t22-/m0/s1. The number of piperidine rings is 1. The summed E-state index contributed by atoms with van der Waals surface area (Å²) in [5.41, 5.74) is 3.11. The lowest BCUT2D eigenvalue weighted by atomic mass is 9.88. The summed E-state index contributed by atoms with van der Waals surface area (Å²) in [4.78, 5) is 15.5. The Bertz CT molecular complexity index is 919. The van der Waals surface area contributed by atoms with Gasteiger partial charge in [0.05, 0.1) is 6.04 Å². The van der Waals surface area contributed by atoms with Crippen molar-refractivity contribution in [2.75, 3.05) is 13.1 Å². The van der Waals surface area contributed by atoms with E-state index in [0.29, 0.717) is 0 Å². The lowest BCUT2D eigenvalue weighted by Crippen LogP contribution is -2.45. The molecule has 1 fully saturated rings. The molecule has 0 spiro atoms.